The fourth-order valence-electron chi connectivity index (χ4n) is 3.16. The van der Waals surface area contributed by atoms with Crippen LogP contribution >= 0.6 is 0 Å². The third-order valence-corrected chi connectivity index (χ3v) is 4.33. The molecule has 2 heterocycles. The highest BCUT2D eigenvalue weighted by molar-refractivity contribution is 5.26. The minimum Gasteiger partial charge on any atom is -0.497 e. The number of benzene rings is 1. The van der Waals surface area contributed by atoms with Crippen LogP contribution in [0.4, 0.5) is 0 Å². The van der Waals surface area contributed by atoms with Gasteiger partial charge >= 0.3 is 0 Å². The molecule has 0 spiro atoms. The molecule has 0 aromatic heterocycles. The SMILES string of the molecule is COc1ccc(CO[C@H]2O[C@H]([C@H](O)CN=[N+]=[N-])[C@@H]3OC(C)(C)O[C@H]23)cc1. The largest absolute Gasteiger partial charge is 0.497 e. The summed E-state index contributed by atoms with van der Waals surface area (Å²) >= 11 is 0. The molecule has 2 saturated heterocycles. The van der Waals surface area contributed by atoms with E-state index in [0.29, 0.717) is 6.61 Å². The highest BCUT2D eigenvalue weighted by atomic mass is 16.8. The molecule has 0 saturated carbocycles. The van der Waals surface area contributed by atoms with E-state index in [1.807, 2.05) is 24.3 Å². The first kappa shape index (κ1) is 18.9. The zero-order chi connectivity index (χ0) is 18.7. The van der Waals surface area contributed by atoms with Gasteiger partial charge in [0.25, 0.3) is 0 Å². The minimum absolute atomic E-state index is 0.112. The maximum absolute atomic E-state index is 10.3. The van der Waals surface area contributed by atoms with Gasteiger partial charge in [0.05, 0.1) is 26.4 Å². The van der Waals surface area contributed by atoms with Crippen LogP contribution in [-0.4, -0.2) is 55.3 Å². The Morgan fingerprint density at radius 2 is 1.96 bits per heavy atom. The molecule has 1 aromatic carbocycles. The maximum atomic E-state index is 10.3. The Morgan fingerprint density at radius 1 is 1.27 bits per heavy atom. The van der Waals surface area contributed by atoms with Crippen LogP contribution in [0.5, 0.6) is 5.75 Å². The molecule has 26 heavy (non-hydrogen) atoms. The first-order valence-electron chi connectivity index (χ1n) is 8.38. The van der Waals surface area contributed by atoms with Crippen LogP contribution in [0.25, 0.3) is 10.4 Å². The average Bonchev–Trinajstić information content (AvgIpc) is 3.11. The molecule has 0 bridgehead atoms. The van der Waals surface area contributed by atoms with Gasteiger partial charge in [0.15, 0.2) is 12.1 Å². The van der Waals surface area contributed by atoms with Gasteiger partial charge in [-0.3, -0.25) is 0 Å². The van der Waals surface area contributed by atoms with Crippen molar-refractivity contribution in [2.45, 2.75) is 56.9 Å². The summed E-state index contributed by atoms with van der Waals surface area (Å²) in [6.07, 6.45) is -3.39. The Balaban J connectivity index is 1.67. The molecule has 3 rings (SSSR count). The van der Waals surface area contributed by atoms with E-state index < -0.39 is 36.5 Å². The number of azide groups is 1. The quantitative estimate of drug-likeness (QED) is 0.450. The molecule has 1 N–H and O–H groups in total. The average molecular weight is 365 g/mol. The van der Waals surface area contributed by atoms with Crippen LogP contribution < -0.4 is 4.74 Å². The second kappa shape index (κ2) is 7.79. The Labute approximate surface area is 151 Å². The third-order valence-electron chi connectivity index (χ3n) is 4.33. The van der Waals surface area contributed by atoms with E-state index in [1.54, 1.807) is 21.0 Å². The normalized spacial score (nSPS) is 30.5. The molecule has 2 fully saturated rings. The number of aliphatic hydroxyl groups is 1. The van der Waals surface area contributed by atoms with Crippen molar-refractivity contribution in [2.24, 2.45) is 5.11 Å². The van der Waals surface area contributed by atoms with Crippen molar-refractivity contribution in [1.82, 2.24) is 0 Å². The highest BCUT2D eigenvalue weighted by Gasteiger charge is 2.57. The summed E-state index contributed by atoms with van der Waals surface area (Å²) in [5.74, 6) is -0.0430. The van der Waals surface area contributed by atoms with Crippen molar-refractivity contribution in [3.8, 4) is 5.75 Å². The first-order valence-corrected chi connectivity index (χ1v) is 8.38. The molecule has 9 heteroatoms. The Morgan fingerprint density at radius 3 is 2.62 bits per heavy atom. The van der Waals surface area contributed by atoms with Crippen molar-refractivity contribution < 1.29 is 28.8 Å². The monoisotopic (exact) mass is 365 g/mol. The molecule has 5 atom stereocenters. The fraction of sp³-hybridized carbons (Fsp3) is 0.647. The van der Waals surface area contributed by atoms with Gasteiger partial charge in [-0.2, -0.15) is 0 Å². The van der Waals surface area contributed by atoms with E-state index in [0.717, 1.165) is 11.3 Å². The Bertz CT molecular complexity index is 661. The van der Waals surface area contributed by atoms with Crippen LogP contribution in [0.15, 0.2) is 29.4 Å². The van der Waals surface area contributed by atoms with E-state index in [4.69, 9.17) is 29.2 Å². The number of fused-ring (bicyclic) bond motifs is 1. The number of hydrogen-bond donors (Lipinski definition) is 1. The summed E-state index contributed by atoms with van der Waals surface area (Å²) in [4.78, 5) is 2.67. The number of methoxy groups -OCH3 is 1. The third kappa shape index (κ3) is 4.09. The Kier molecular flexibility index (Phi) is 5.67. The zero-order valence-electron chi connectivity index (χ0n) is 14.9. The second-order valence-corrected chi connectivity index (χ2v) is 6.67. The summed E-state index contributed by atoms with van der Waals surface area (Å²) < 4.78 is 28.6. The topological polar surface area (TPSA) is 115 Å². The lowest BCUT2D eigenvalue weighted by Crippen LogP contribution is -2.40. The number of aliphatic hydroxyl groups excluding tert-OH is 1. The standard InChI is InChI=1S/C17H23N3O6/c1-17(2)25-14-13(12(21)8-19-20-18)24-16(15(14)26-17)23-9-10-4-6-11(22-3)7-5-10/h4-7,12-16,21H,8-9H2,1-3H3/t12-,13-,14+,15+,16+/m1/s1. The van der Waals surface area contributed by atoms with Crippen molar-refractivity contribution in [1.29, 1.82) is 0 Å². The van der Waals surface area contributed by atoms with E-state index in [1.165, 1.54) is 0 Å². The summed E-state index contributed by atoms with van der Waals surface area (Å²) in [7, 11) is 1.61. The maximum Gasteiger partial charge on any atom is 0.187 e. The van der Waals surface area contributed by atoms with E-state index in [9.17, 15) is 5.11 Å². The fourth-order valence-corrected chi connectivity index (χ4v) is 3.16. The van der Waals surface area contributed by atoms with E-state index in [-0.39, 0.29) is 6.54 Å². The van der Waals surface area contributed by atoms with Crippen LogP contribution in [-0.2, 0) is 25.6 Å². The zero-order valence-corrected chi connectivity index (χ0v) is 14.9. The molecule has 9 nitrogen and oxygen atoms in total. The minimum atomic E-state index is -1.01. The number of ether oxygens (including phenoxy) is 5. The summed E-state index contributed by atoms with van der Waals surface area (Å²) in [5.41, 5.74) is 9.39. The van der Waals surface area contributed by atoms with Gasteiger partial charge in [-0.1, -0.05) is 17.2 Å². The van der Waals surface area contributed by atoms with Crippen LogP contribution in [0.1, 0.15) is 19.4 Å². The smallest absolute Gasteiger partial charge is 0.187 e. The van der Waals surface area contributed by atoms with Crippen LogP contribution in [0.3, 0.4) is 0 Å². The number of hydrogen-bond acceptors (Lipinski definition) is 7. The summed E-state index contributed by atoms with van der Waals surface area (Å²) in [6, 6.07) is 7.49. The van der Waals surface area contributed by atoms with Crippen molar-refractivity contribution in [3.63, 3.8) is 0 Å². The van der Waals surface area contributed by atoms with Gasteiger partial charge in [-0.25, -0.2) is 0 Å². The molecular weight excluding hydrogens is 342 g/mol. The van der Waals surface area contributed by atoms with Crippen molar-refractivity contribution in [2.75, 3.05) is 13.7 Å². The van der Waals surface area contributed by atoms with Gasteiger partial charge < -0.3 is 28.8 Å². The first-order chi connectivity index (χ1) is 12.4. The molecule has 2 aliphatic rings. The predicted molar refractivity (Wildman–Crippen MR) is 90.3 cm³/mol. The van der Waals surface area contributed by atoms with Gasteiger partial charge in [-0.05, 0) is 37.1 Å². The molecule has 0 amide bonds. The molecule has 2 aliphatic heterocycles. The van der Waals surface area contributed by atoms with Gasteiger partial charge in [0, 0.05) is 4.91 Å². The highest BCUT2D eigenvalue weighted by Crippen LogP contribution is 2.40. The summed E-state index contributed by atoms with van der Waals surface area (Å²) in [5, 5.41) is 13.7. The molecule has 0 unspecified atom stereocenters. The summed E-state index contributed by atoms with van der Waals surface area (Å²) in [6.45, 7) is 3.78. The van der Waals surface area contributed by atoms with E-state index >= 15 is 0 Å². The lowest BCUT2D eigenvalue weighted by atomic mass is 10.1. The van der Waals surface area contributed by atoms with Gasteiger partial charge in [0.1, 0.15) is 24.1 Å². The molecule has 0 aliphatic carbocycles. The van der Waals surface area contributed by atoms with Crippen LogP contribution in [0, 0.1) is 0 Å². The number of rotatable bonds is 7. The molecule has 0 radical (unpaired) electrons. The van der Waals surface area contributed by atoms with Crippen molar-refractivity contribution in [3.05, 3.63) is 40.3 Å². The predicted octanol–water partition coefficient (Wildman–Crippen LogP) is 2.13. The van der Waals surface area contributed by atoms with Gasteiger partial charge in [0.2, 0.25) is 0 Å². The van der Waals surface area contributed by atoms with Crippen LogP contribution in [0.2, 0.25) is 0 Å². The molecular formula is C17H23N3O6. The molecule has 1 aromatic rings. The lowest BCUT2D eigenvalue weighted by Gasteiger charge is -2.26. The van der Waals surface area contributed by atoms with Crippen molar-refractivity contribution >= 4 is 0 Å². The van der Waals surface area contributed by atoms with Gasteiger partial charge in [-0.15, -0.1) is 0 Å². The molecule has 142 valence electrons. The second-order valence-electron chi connectivity index (χ2n) is 6.67. The lowest BCUT2D eigenvalue weighted by molar-refractivity contribution is -0.245. The number of nitrogens with zero attached hydrogens (tertiary/aromatic N) is 3. The Hall–Kier alpha value is -1.87. The van der Waals surface area contributed by atoms with E-state index in [2.05, 4.69) is 10.0 Å².